The van der Waals surface area contributed by atoms with Gasteiger partial charge >= 0.3 is 0 Å². The third-order valence-electron chi connectivity index (χ3n) is 3.84. The topological polar surface area (TPSA) is 39.6 Å². The van der Waals surface area contributed by atoms with Crippen molar-refractivity contribution in [1.29, 1.82) is 5.26 Å². The fourth-order valence-electron chi connectivity index (χ4n) is 2.75. The smallest absolute Gasteiger partial charge is 0.121 e. The van der Waals surface area contributed by atoms with E-state index in [-0.39, 0.29) is 0 Å². The fourth-order valence-corrected chi connectivity index (χ4v) is 2.97. The highest BCUT2D eigenvalue weighted by molar-refractivity contribution is 7.71. The Labute approximate surface area is 108 Å². The number of aromatic amines is 1. The zero-order valence-corrected chi connectivity index (χ0v) is 11.4. The first-order valence-corrected chi connectivity index (χ1v) is 6.62. The molecule has 2 nitrogen and oxygen atoms in total. The molecule has 1 aromatic rings. The molecule has 0 amide bonds. The third kappa shape index (κ3) is 2.14. The van der Waals surface area contributed by atoms with Gasteiger partial charge in [0.2, 0.25) is 0 Å². The van der Waals surface area contributed by atoms with Crippen molar-refractivity contribution in [3.05, 3.63) is 27.5 Å². The molecule has 0 unspecified atom stereocenters. The summed E-state index contributed by atoms with van der Waals surface area (Å²) in [7, 11) is 0. The Kier molecular flexibility index (Phi) is 3.35. The van der Waals surface area contributed by atoms with Crippen LogP contribution in [0.25, 0.3) is 0 Å². The summed E-state index contributed by atoms with van der Waals surface area (Å²) in [6.07, 6.45) is 2.41. The Morgan fingerprint density at radius 3 is 2.76 bits per heavy atom. The van der Waals surface area contributed by atoms with E-state index in [1.807, 2.05) is 6.07 Å². The third-order valence-corrected chi connectivity index (χ3v) is 4.16. The van der Waals surface area contributed by atoms with Crippen molar-refractivity contribution < 1.29 is 0 Å². The molecule has 0 aliphatic heterocycles. The second-order valence-corrected chi connectivity index (χ2v) is 5.73. The summed E-state index contributed by atoms with van der Waals surface area (Å²) < 4.78 is 0.589. The van der Waals surface area contributed by atoms with Crippen LogP contribution in [-0.4, -0.2) is 4.98 Å². The van der Waals surface area contributed by atoms with Crippen LogP contribution in [0.4, 0.5) is 0 Å². The van der Waals surface area contributed by atoms with Crippen molar-refractivity contribution >= 4 is 12.2 Å². The fraction of sp³-hybridized carbons (Fsp3) is 0.571. The van der Waals surface area contributed by atoms with Gasteiger partial charge in [0, 0.05) is 11.6 Å². The van der Waals surface area contributed by atoms with Gasteiger partial charge in [0.15, 0.2) is 0 Å². The molecule has 0 spiro atoms. The molecule has 3 heteroatoms. The van der Waals surface area contributed by atoms with Crippen LogP contribution in [0.2, 0.25) is 0 Å². The van der Waals surface area contributed by atoms with Gasteiger partial charge in [-0.15, -0.1) is 0 Å². The van der Waals surface area contributed by atoms with E-state index in [1.165, 1.54) is 24.1 Å². The van der Waals surface area contributed by atoms with Gasteiger partial charge in [0.05, 0.1) is 5.56 Å². The Morgan fingerprint density at radius 1 is 1.47 bits per heavy atom. The van der Waals surface area contributed by atoms with Crippen LogP contribution >= 0.6 is 12.2 Å². The molecule has 2 atom stereocenters. The molecular weight excluding hydrogens is 228 g/mol. The second-order valence-electron chi connectivity index (χ2n) is 5.32. The number of rotatable bonds is 1. The lowest BCUT2D eigenvalue weighted by Gasteiger charge is -2.32. The molecule has 1 N–H and O–H groups in total. The van der Waals surface area contributed by atoms with Gasteiger partial charge < -0.3 is 4.98 Å². The molecule has 0 radical (unpaired) electrons. The van der Waals surface area contributed by atoms with Crippen molar-refractivity contribution in [2.45, 2.75) is 45.4 Å². The summed E-state index contributed by atoms with van der Waals surface area (Å²) in [5, 5.41) is 9.04. The summed E-state index contributed by atoms with van der Waals surface area (Å²) in [4.78, 5) is 3.30. The largest absolute Gasteiger partial charge is 0.348 e. The average molecular weight is 246 g/mol. The number of pyridine rings is 1. The summed E-state index contributed by atoms with van der Waals surface area (Å²) in [6, 6.07) is 4.17. The molecule has 0 fully saturated rings. The number of fused-ring (bicyclic) bond motifs is 1. The molecular formula is C14H18N2S. The van der Waals surface area contributed by atoms with Crippen LogP contribution in [-0.2, 0) is 0 Å². The van der Waals surface area contributed by atoms with E-state index in [4.69, 9.17) is 17.5 Å². The van der Waals surface area contributed by atoms with Gasteiger partial charge in [0.25, 0.3) is 0 Å². The minimum absolute atomic E-state index is 0.527. The van der Waals surface area contributed by atoms with Crippen molar-refractivity contribution in [2.75, 3.05) is 0 Å². The zero-order chi connectivity index (χ0) is 12.6. The molecule has 1 aromatic heterocycles. The number of H-pyrrole nitrogens is 1. The molecule has 17 heavy (non-hydrogen) atoms. The lowest BCUT2D eigenvalue weighted by atomic mass is 9.75. The SMILES string of the molecule is CC(C)[C@@H]1CC[C@@H](C)c2cc(C#N)c(=S)[nH]c21. The highest BCUT2D eigenvalue weighted by Gasteiger charge is 2.28. The Balaban J connectivity index is 2.61. The molecule has 0 bridgehead atoms. The predicted molar refractivity (Wildman–Crippen MR) is 71.6 cm³/mol. The van der Waals surface area contributed by atoms with Crippen LogP contribution < -0.4 is 0 Å². The first kappa shape index (κ1) is 12.3. The van der Waals surface area contributed by atoms with Gasteiger partial charge in [-0.25, -0.2) is 0 Å². The van der Waals surface area contributed by atoms with E-state index in [0.717, 1.165) is 0 Å². The second kappa shape index (κ2) is 4.62. The van der Waals surface area contributed by atoms with Gasteiger partial charge in [-0.2, -0.15) is 5.26 Å². The van der Waals surface area contributed by atoms with Crippen molar-refractivity contribution in [3.63, 3.8) is 0 Å². The first-order chi connectivity index (χ1) is 8.04. The molecule has 0 saturated carbocycles. The quantitative estimate of drug-likeness (QED) is 0.752. The molecule has 90 valence electrons. The van der Waals surface area contributed by atoms with Crippen molar-refractivity contribution in [3.8, 4) is 6.07 Å². The molecule has 0 saturated heterocycles. The zero-order valence-electron chi connectivity index (χ0n) is 10.6. The highest BCUT2D eigenvalue weighted by Crippen LogP contribution is 2.41. The first-order valence-electron chi connectivity index (χ1n) is 6.21. The van der Waals surface area contributed by atoms with Crippen LogP contribution in [0.1, 0.15) is 62.3 Å². The Morgan fingerprint density at radius 2 is 2.18 bits per heavy atom. The standard InChI is InChI=1S/C14H18N2S/c1-8(2)11-5-4-9(3)12-6-10(7-15)14(17)16-13(11)12/h6,8-9,11H,4-5H2,1-3H3,(H,16,17)/t9-,11+/m1/s1. The number of nitrogens with one attached hydrogen (secondary N) is 1. The Bertz CT molecular complexity index is 522. The normalized spacial score (nSPS) is 23.2. The average Bonchev–Trinajstić information content (AvgIpc) is 2.28. The van der Waals surface area contributed by atoms with E-state index in [9.17, 15) is 0 Å². The maximum Gasteiger partial charge on any atom is 0.121 e. The van der Waals surface area contributed by atoms with Crippen LogP contribution in [0, 0.1) is 21.9 Å². The van der Waals surface area contributed by atoms with Gasteiger partial charge in [-0.3, -0.25) is 0 Å². The highest BCUT2D eigenvalue weighted by atomic mass is 32.1. The van der Waals surface area contributed by atoms with E-state index in [1.54, 1.807) is 0 Å². The van der Waals surface area contributed by atoms with Gasteiger partial charge in [-0.05, 0) is 36.3 Å². The van der Waals surface area contributed by atoms with Gasteiger partial charge in [-0.1, -0.05) is 33.0 Å². The molecule has 1 aliphatic carbocycles. The summed E-state index contributed by atoms with van der Waals surface area (Å²) in [5.41, 5.74) is 3.16. The maximum atomic E-state index is 9.04. The van der Waals surface area contributed by atoms with E-state index in [2.05, 4.69) is 31.8 Å². The number of nitrogens with zero attached hydrogens (tertiary/aromatic N) is 1. The number of aromatic nitrogens is 1. The lowest BCUT2D eigenvalue weighted by Crippen LogP contribution is -2.19. The predicted octanol–water partition coefficient (Wildman–Crippen LogP) is 4.25. The number of hydrogen-bond acceptors (Lipinski definition) is 2. The summed E-state index contributed by atoms with van der Waals surface area (Å²) >= 11 is 5.24. The summed E-state index contributed by atoms with van der Waals surface area (Å²) in [6.45, 7) is 6.73. The summed E-state index contributed by atoms with van der Waals surface area (Å²) in [5.74, 6) is 1.69. The minimum atomic E-state index is 0.527. The number of hydrogen-bond donors (Lipinski definition) is 1. The van der Waals surface area contributed by atoms with Crippen LogP contribution in [0.3, 0.4) is 0 Å². The minimum Gasteiger partial charge on any atom is -0.348 e. The van der Waals surface area contributed by atoms with Gasteiger partial charge in [0.1, 0.15) is 10.7 Å². The Hall–Kier alpha value is -1.14. The van der Waals surface area contributed by atoms with Crippen molar-refractivity contribution in [1.82, 2.24) is 4.98 Å². The van der Waals surface area contributed by atoms with E-state index in [0.29, 0.717) is 28.0 Å². The van der Waals surface area contributed by atoms with E-state index < -0.39 is 0 Å². The van der Waals surface area contributed by atoms with E-state index >= 15 is 0 Å². The molecule has 2 rings (SSSR count). The monoisotopic (exact) mass is 246 g/mol. The number of nitriles is 1. The van der Waals surface area contributed by atoms with Crippen molar-refractivity contribution in [2.24, 2.45) is 5.92 Å². The van der Waals surface area contributed by atoms with Crippen LogP contribution in [0.15, 0.2) is 6.07 Å². The lowest BCUT2D eigenvalue weighted by molar-refractivity contribution is 0.400. The molecule has 0 aromatic carbocycles. The van der Waals surface area contributed by atoms with Crippen LogP contribution in [0.5, 0.6) is 0 Å². The maximum absolute atomic E-state index is 9.04. The molecule has 1 aliphatic rings. The molecule has 1 heterocycles.